The molecule has 0 radical (unpaired) electrons. The number of pyridine rings is 1. The molecule has 2 aromatic heterocycles. The normalized spacial score (nSPS) is 11.3. The van der Waals surface area contributed by atoms with E-state index in [1.807, 2.05) is 6.92 Å². The Labute approximate surface area is 203 Å². The quantitative estimate of drug-likeness (QED) is 0.376. The highest BCUT2D eigenvalue weighted by Crippen LogP contribution is 2.27. The van der Waals surface area contributed by atoms with Gasteiger partial charge in [-0.25, -0.2) is 8.42 Å². The molecule has 2 heterocycles. The second kappa shape index (κ2) is 11.1. The first kappa shape index (κ1) is 25.8. The smallest absolute Gasteiger partial charge is 0.269 e. The first-order valence-electron chi connectivity index (χ1n) is 10.7. The van der Waals surface area contributed by atoms with Crippen molar-refractivity contribution in [1.82, 2.24) is 14.8 Å². The number of nitrogens with one attached hydrogen (secondary N) is 1. The van der Waals surface area contributed by atoms with Crippen LogP contribution in [0.2, 0.25) is 0 Å². The highest BCUT2D eigenvalue weighted by molar-refractivity contribution is 7.90. The van der Waals surface area contributed by atoms with Gasteiger partial charge in [-0.1, -0.05) is 13.0 Å². The summed E-state index contributed by atoms with van der Waals surface area (Å²) in [7, 11) is -2.09. The number of hydrogen-bond donors (Lipinski definition) is 2. The summed E-state index contributed by atoms with van der Waals surface area (Å²) in [5, 5.41) is 7.14. The monoisotopic (exact) mass is 501 g/mol. The van der Waals surface area contributed by atoms with Gasteiger partial charge in [0.1, 0.15) is 18.1 Å². The van der Waals surface area contributed by atoms with Crippen LogP contribution in [0.5, 0.6) is 5.75 Å². The number of amides is 2. The summed E-state index contributed by atoms with van der Waals surface area (Å²) >= 11 is 0. The first-order chi connectivity index (χ1) is 16.7. The number of aryl methyl sites for hydroxylation is 1. The van der Waals surface area contributed by atoms with Crippen LogP contribution in [0.3, 0.4) is 0 Å². The van der Waals surface area contributed by atoms with Gasteiger partial charge >= 0.3 is 0 Å². The molecule has 0 unspecified atom stereocenters. The van der Waals surface area contributed by atoms with E-state index in [0.29, 0.717) is 17.8 Å². The van der Waals surface area contributed by atoms with E-state index in [1.54, 1.807) is 24.4 Å². The van der Waals surface area contributed by atoms with Gasteiger partial charge in [-0.05, 0) is 36.8 Å². The molecule has 0 saturated heterocycles. The van der Waals surface area contributed by atoms with Crippen LogP contribution < -0.4 is 15.8 Å². The molecule has 3 N–H and O–H groups in total. The fraction of sp³-hybridized carbons (Fsp3) is 0.304. The number of carbonyl (C=O) groups excluding carboxylic acids is 2. The minimum absolute atomic E-state index is 0.00183. The largest absolute Gasteiger partial charge is 0.490 e. The van der Waals surface area contributed by atoms with Crippen molar-refractivity contribution in [3.63, 3.8) is 0 Å². The number of sulfone groups is 1. The summed E-state index contributed by atoms with van der Waals surface area (Å²) in [6.45, 7) is 2.39. The Kier molecular flexibility index (Phi) is 8.20. The van der Waals surface area contributed by atoms with Crippen molar-refractivity contribution in [1.29, 1.82) is 0 Å². The van der Waals surface area contributed by atoms with Gasteiger partial charge in [0.2, 0.25) is 0 Å². The number of aromatic nitrogens is 3. The molecular weight excluding hydrogens is 474 g/mol. The lowest BCUT2D eigenvalue weighted by Gasteiger charge is -2.13. The number of rotatable bonds is 11. The third-order valence-electron chi connectivity index (χ3n) is 5.04. The van der Waals surface area contributed by atoms with Crippen molar-refractivity contribution in [2.24, 2.45) is 5.73 Å². The molecular formula is C23H27N5O6S. The molecule has 186 valence electrons. The molecule has 12 heteroatoms. The van der Waals surface area contributed by atoms with Crippen LogP contribution in [-0.2, 0) is 27.5 Å². The van der Waals surface area contributed by atoms with Gasteiger partial charge in [-0.2, -0.15) is 5.10 Å². The zero-order valence-electron chi connectivity index (χ0n) is 19.6. The zero-order chi connectivity index (χ0) is 25.6. The number of hydrogen-bond acceptors (Lipinski definition) is 8. The van der Waals surface area contributed by atoms with Crippen molar-refractivity contribution >= 4 is 27.3 Å². The average molecular weight is 502 g/mol. The molecule has 11 nitrogen and oxygen atoms in total. The van der Waals surface area contributed by atoms with E-state index in [4.69, 9.17) is 15.2 Å². The first-order valence-corrected chi connectivity index (χ1v) is 12.6. The number of primary amides is 1. The van der Waals surface area contributed by atoms with Gasteiger partial charge in [0, 0.05) is 19.6 Å². The lowest BCUT2D eigenvalue weighted by Crippen LogP contribution is -2.22. The molecule has 0 saturated carbocycles. The summed E-state index contributed by atoms with van der Waals surface area (Å²) in [5.74, 6) is -1.31. The van der Waals surface area contributed by atoms with Crippen LogP contribution in [0.15, 0.2) is 47.5 Å². The SMILES string of the molecule is CCc1nn(Cc2ccccn2)c(C(N)=O)c1NC(=O)c1cc(S(C)(=O)=O)ccc1OCCOC. The van der Waals surface area contributed by atoms with Gasteiger partial charge < -0.3 is 20.5 Å². The zero-order valence-corrected chi connectivity index (χ0v) is 20.5. The highest BCUT2D eigenvalue weighted by Gasteiger charge is 2.25. The van der Waals surface area contributed by atoms with Crippen molar-refractivity contribution in [3.05, 3.63) is 65.2 Å². The second-order valence-corrected chi connectivity index (χ2v) is 9.61. The van der Waals surface area contributed by atoms with Gasteiger partial charge in [-0.15, -0.1) is 0 Å². The summed E-state index contributed by atoms with van der Waals surface area (Å²) in [6.07, 6.45) is 3.05. The molecule has 0 fully saturated rings. The van der Waals surface area contributed by atoms with Crippen LogP contribution in [0.1, 0.15) is 39.2 Å². The van der Waals surface area contributed by atoms with Crippen LogP contribution in [0.25, 0.3) is 0 Å². The van der Waals surface area contributed by atoms with Gasteiger partial charge in [-0.3, -0.25) is 19.3 Å². The summed E-state index contributed by atoms with van der Waals surface area (Å²) in [5.41, 5.74) is 6.85. The van der Waals surface area contributed by atoms with Crippen molar-refractivity contribution in [2.75, 3.05) is 31.9 Å². The Morgan fingerprint density at radius 2 is 1.94 bits per heavy atom. The number of ether oxygens (including phenoxy) is 2. The molecule has 1 aromatic carbocycles. The van der Waals surface area contributed by atoms with E-state index in [1.165, 1.54) is 30.0 Å². The molecule has 35 heavy (non-hydrogen) atoms. The fourth-order valence-corrected chi connectivity index (χ4v) is 4.01. The van der Waals surface area contributed by atoms with E-state index in [2.05, 4.69) is 15.4 Å². The summed E-state index contributed by atoms with van der Waals surface area (Å²) in [6, 6.07) is 9.32. The molecule has 0 aliphatic heterocycles. The van der Waals surface area contributed by atoms with Gasteiger partial charge in [0.15, 0.2) is 9.84 Å². The number of methoxy groups -OCH3 is 1. The predicted octanol–water partition coefficient (Wildman–Crippen LogP) is 1.67. The lowest BCUT2D eigenvalue weighted by molar-refractivity contribution is 0.0991. The second-order valence-electron chi connectivity index (χ2n) is 7.59. The third-order valence-corrected chi connectivity index (χ3v) is 6.15. The van der Waals surface area contributed by atoms with Crippen molar-refractivity contribution in [3.8, 4) is 5.75 Å². The Hall–Kier alpha value is -3.77. The highest BCUT2D eigenvalue weighted by atomic mass is 32.2. The van der Waals surface area contributed by atoms with E-state index in [-0.39, 0.29) is 47.3 Å². The van der Waals surface area contributed by atoms with Crippen LogP contribution in [0.4, 0.5) is 5.69 Å². The number of carbonyl (C=O) groups is 2. The molecule has 0 aliphatic rings. The number of benzene rings is 1. The third kappa shape index (κ3) is 6.22. The molecule has 0 aliphatic carbocycles. The minimum atomic E-state index is -3.60. The molecule has 2 amide bonds. The Morgan fingerprint density at radius 1 is 1.17 bits per heavy atom. The Bertz CT molecular complexity index is 1320. The molecule has 3 aromatic rings. The molecule has 0 bridgehead atoms. The maximum absolute atomic E-state index is 13.3. The van der Waals surface area contributed by atoms with E-state index in [0.717, 1.165) is 6.26 Å². The van der Waals surface area contributed by atoms with Gasteiger partial charge in [0.05, 0.1) is 40.7 Å². The number of anilines is 1. The predicted molar refractivity (Wildman–Crippen MR) is 128 cm³/mol. The van der Waals surface area contributed by atoms with Crippen LogP contribution >= 0.6 is 0 Å². The van der Waals surface area contributed by atoms with Crippen LogP contribution in [0, 0.1) is 0 Å². The molecule has 0 spiro atoms. The Balaban J connectivity index is 2.03. The molecule has 0 atom stereocenters. The Morgan fingerprint density at radius 3 is 2.54 bits per heavy atom. The average Bonchev–Trinajstić information content (AvgIpc) is 3.16. The maximum Gasteiger partial charge on any atom is 0.269 e. The lowest BCUT2D eigenvalue weighted by atomic mass is 10.1. The molecule has 3 rings (SSSR count). The standard InChI is InChI=1S/C23H27N5O6S/c1-4-18-20(21(22(24)29)28(27-18)14-15-7-5-6-10-25-15)26-23(30)17-13-16(35(3,31)32)8-9-19(17)34-12-11-33-2/h5-10,13H,4,11-12,14H2,1-3H3,(H2,24,29)(H,26,30). The minimum Gasteiger partial charge on any atom is -0.490 e. The summed E-state index contributed by atoms with van der Waals surface area (Å²) in [4.78, 5) is 29.9. The van der Waals surface area contributed by atoms with E-state index in [9.17, 15) is 18.0 Å². The maximum atomic E-state index is 13.3. The number of nitrogens with two attached hydrogens (primary N) is 1. The van der Waals surface area contributed by atoms with E-state index < -0.39 is 21.7 Å². The number of nitrogens with zero attached hydrogens (tertiary/aromatic N) is 3. The van der Waals surface area contributed by atoms with Crippen molar-refractivity contribution < 1.29 is 27.5 Å². The fourth-order valence-electron chi connectivity index (χ4n) is 3.36. The topological polar surface area (TPSA) is 155 Å². The van der Waals surface area contributed by atoms with Crippen LogP contribution in [-0.4, -0.2) is 61.6 Å². The van der Waals surface area contributed by atoms with E-state index >= 15 is 0 Å². The van der Waals surface area contributed by atoms with Crippen molar-refractivity contribution in [2.45, 2.75) is 24.8 Å². The van der Waals surface area contributed by atoms with Gasteiger partial charge in [0.25, 0.3) is 11.8 Å². The summed E-state index contributed by atoms with van der Waals surface area (Å²) < 4.78 is 36.2.